The van der Waals surface area contributed by atoms with E-state index in [1.807, 2.05) is 6.92 Å². The maximum atomic E-state index is 10.3. The van der Waals surface area contributed by atoms with Crippen LogP contribution < -0.4 is 0 Å². The third-order valence-corrected chi connectivity index (χ3v) is 0.909. The first-order valence-corrected chi connectivity index (χ1v) is 3.10. The van der Waals surface area contributed by atoms with Gasteiger partial charge in [-0.25, -0.2) is 4.79 Å². The van der Waals surface area contributed by atoms with Crippen LogP contribution in [0.15, 0.2) is 12.7 Å². The molecule has 0 unspecified atom stereocenters. The van der Waals surface area contributed by atoms with Gasteiger partial charge in [0, 0.05) is 6.08 Å². The number of hydrogen-bond acceptors (Lipinski definition) is 2. The predicted molar refractivity (Wildman–Crippen MR) is 44.6 cm³/mol. The fourth-order valence-electron chi connectivity index (χ4n) is 0.376. The molecule has 0 saturated carbocycles. The molecule has 60 valence electrons. The second kappa shape index (κ2) is 9.11. The second-order valence-corrected chi connectivity index (χ2v) is 1.73. The summed E-state index contributed by atoms with van der Waals surface area (Å²) in [4.78, 5) is 10.3. The molecule has 0 bridgehead atoms. The molecule has 0 aliphatic heterocycles. The Labute approximate surface area is 81.1 Å². The number of carbonyl (C=O) groups excluding carboxylic acids is 1. The van der Waals surface area contributed by atoms with Crippen molar-refractivity contribution < 1.29 is 9.53 Å². The van der Waals surface area contributed by atoms with E-state index in [0.29, 0.717) is 6.61 Å². The molecule has 0 aliphatic rings. The summed E-state index contributed by atoms with van der Waals surface area (Å²) in [5.74, 6) is -0.330. The van der Waals surface area contributed by atoms with Crippen LogP contribution in [0.5, 0.6) is 0 Å². The average molecular weight is 339 g/mol. The third kappa shape index (κ3) is 8.11. The van der Waals surface area contributed by atoms with Gasteiger partial charge in [0.2, 0.25) is 0 Å². The van der Waals surface area contributed by atoms with Crippen molar-refractivity contribution in [3.8, 4) is 0 Å². The van der Waals surface area contributed by atoms with Gasteiger partial charge in [0.25, 0.3) is 0 Å². The Morgan fingerprint density at radius 1 is 1.70 bits per heavy atom. The fraction of sp³-hybridized carbons (Fsp3) is 0.571. The SMILES string of the molecule is C=CC(=O)OCCCC.[PoH2]. The summed E-state index contributed by atoms with van der Waals surface area (Å²) in [6.07, 6.45) is 3.15. The Bertz CT molecular complexity index is 102. The van der Waals surface area contributed by atoms with Crippen molar-refractivity contribution in [3.63, 3.8) is 0 Å². The van der Waals surface area contributed by atoms with E-state index in [2.05, 4.69) is 11.3 Å². The van der Waals surface area contributed by atoms with E-state index < -0.39 is 0 Å². The van der Waals surface area contributed by atoms with E-state index in [4.69, 9.17) is 0 Å². The zero-order valence-corrected chi connectivity index (χ0v) is 10.1. The number of rotatable bonds is 4. The number of ether oxygens (including phenoxy) is 1. The molecule has 2 nitrogen and oxygen atoms in total. The van der Waals surface area contributed by atoms with Gasteiger partial charge in [0.15, 0.2) is 0 Å². The second-order valence-electron chi connectivity index (χ2n) is 1.73. The first kappa shape index (κ1) is 12.8. The summed E-state index contributed by atoms with van der Waals surface area (Å²) in [5, 5.41) is 0. The van der Waals surface area contributed by atoms with Gasteiger partial charge in [-0.05, 0) is 6.42 Å². The van der Waals surface area contributed by atoms with Gasteiger partial charge >= 0.3 is 32.5 Å². The van der Waals surface area contributed by atoms with Gasteiger partial charge in [0.1, 0.15) is 0 Å². The van der Waals surface area contributed by atoms with Crippen LogP contribution in [0.25, 0.3) is 0 Å². The van der Waals surface area contributed by atoms with Crippen LogP contribution in [0.4, 0.5) is 0 Å². The quantitative estimate of drug-likeness (QED) is 0.426. The topological polar surface area (TPSA) is 26.3 Å². The van der Waals surface area contributed by atoms with Crippen LogP contribution in [0.3, 0.4) is 0 Å². The van der Waals surface area contributed by atoms with Crippen molar-refractivity contribution >= 4 is 32.5 Å². The zero-order valence-electron chi connectivity index (χ0n) is 6.22. The predicted octanol–water partition coefficient (Wildman–Crippen LogP) is 0.599. The molecule has 0 rings (SSSR count). The molecule has 0 radical (unpaired) electrons. The molecule has 0 N–H and O–H groups in total. The van der Waals surface area contributed by atoms with Crippen LogP contribution in [-0.2, 0) is 9.53 Å². The molecular weight excluding hydrogens is 325 g/mol. The van der Waals surface area contributed by atoms with Crippen molar-refractivity contribution in [3.05, 3.63) is 12.7 Å². The fourth-order valence-corrected chi connectivity index (χ4v) is 0.376. The zero-order chi connectivity index (χ0) is 7.11. The standard InChI is InChI=1S/C7H12O2.Po.2H/c1-3-5-6-9-7(8)4-2;;;/h4H,2-3,5-6H2,1H3;;;. The van der Waals surface area contributed by atoms with E-state index in [9.17, 15) is 4.79 Å². The summed E-state index contributed by atoms with van der Waals surface area (Å²) >= 11 is 0. The summed E-state index contributed by atoms with van der Waals surface area (Å²) in [6.45, 7) is 5.82. The summed E-state index contributed by atoms with van der Waals surface area (Å²) in [6, 6.07) is 0. The number of esters is 1. The van der Waals surface area contributed by atoms with Crippen LogP contribution in [0.1, 0.15) is 19.8 Å². The van der Waals surface area contributed by atoms with E-state index in [1.54, 1.807) is 0 Å². The van der Waals surface area contributed by atoms with Gasteiger partial charge in [-0.15, -0.1) is 0 Å². The van der Waals surface area contributed by atoms with Crippen LogP contribution in [0, 0.1) is 0 Å². The van der Waals surface area contributed by atoms with Gasteiger partial charge < -0.3 is 4.74 Å². The van der Waals surface area contributed by atoms with Crippen LogP contribution >= 0.6 is 0 Å². The number of carbonyl (C=O) groups is 1. The molecule has 10 heavy (non-hydrogen) atoms. The Hall–Kier alpha value is 0.106. The molecule has 0 atom stereocenters. The average Bonchev–Trinajstić information content (AvgIpc) is 1.89. The Morgan fingerprint density at radius 3 is 2.70 bits per heavy atom. The molecule has 0 aliphatic carbocycles. The minimum atomic E-state index is -0.330. The van der Waals surface area contributed by atoms with Crippen molar-refractivity contribution in [2.45, 2.75) is 19.8 Å². The number of unbranched alkanes of at least 4 members (excludes halogenated alkanes) is 1. The van der Waals surface area contributed by atoms with Crippen molar-refractivity contribution in [1.82, 2.24) is 0 Å². The summed E-state index contributed by atoms with van der Waals surface area (Å²) in [5.41, 5.74) is 0. The Kier molecular flexibility index (Phi) is 11.6. The molecule has 0 fully saturated rings. The van der Waals surface area contributed by atoms with Crippen LogP contribution in [-0.4, -0.2) is 39.1 Å². The van der Waals surface area contributed by atoms with Gasteiger partial charge in [0.05, 0.1) is 6.61 Å². The Morgan fingerprint density at radius 2 is 2.30 bits per heavy atom. The molecule has 0 aromatic heterocycles. The van der Waals surface area contributed by atoms with E-state index in [1.165, 1.54) is 6.08 Å². The molecule has 3 heteroatoms. The normalized spacial score (nSPS) is 7.70. The molecule has 0 saturated heterocycles. The van der Waals surface area contributed by atoms with Crippen molar-refractivity contribution in [2.24, 2.45) is 0 Å². The van der Waals surface area contributed by atoms with Crippen LogP contribution in [0.2, 0.25) is 0 Å². The number of hydrogen-bond donors (Lipinski definition) is 0. The van der Waals surface area contributed by atoms with E-state index in [0.717, 1.165) is 12.8 Å². The molecular formula is C7H14O2Po. The molecule has 0 aromatic carbocycles. The van der Waals surface area contributed by atoms with Gasteiger partial charge in [-0.3, -0.25) is 0 Å². The molecule has 0 heterocycles. The molecule has 0 spiro atoms. The van der Waals surface area contributed by atoms with E-state index in [-0.39, 0.29) is 32.5 Å². The summed E-state index contributed by atoms with van der Waals surface area (Å²) < 4.78 is 4.67. The van der Waals surface area contributed by atoms with Gasteiger partial charge in [-0.2, -0.15) is 0 Å². The minimum absolute atomic E-state index is 0. The first-order chi connectivity index (χ1) is 4.31. The third-order valence-electron chi connectivity index (χ3n) is 0.909. The van der Waals surface area contributed by atoms with Gasteiger partial charge in [-0.1, -0.05) is 19.9 Å². The first-order valence-electron chi connectivity index (χ1n) is 3.10. The maximum absolute atomic E-state index is 10.3. The van der Waals surface area contributed by atoms with E-state index >= 15 is 0 Å². The van der Waals surface area contributed by atoms with Crippen molar-refractivity contribution in [2.75, 3.05) is 6.61 Å². The van der Waals surface area contributed by atoms with Crippen molar-refractivity contribution in [1.29, 1.82) is 0 Å². The Balaban J connectivity index is 0. The monoisotopic (exact) mass is 339 g/mol. The molecule has 0 aromatic rings. The summed E-state index contributed by atoms with van der Waals surface area (Å²) in [7, 11) is 0. The molecule has 0 amide bonds.